The molecule has 0 spiro atoms. The van der Waals surface area contributed by atoms with Crippen molar-refractivity contribution < 1.29 is 18.8 Å². The highest BCUT2D eigenvalue weighted by Gasteiger charge is 2.28. The quantitative estimate of drug-likeness (QED) is 0.489. The normalized spacial score (nSPS) is 13.7. The number of non-ortho nitro benzene ring substituents is 1. The Bertz CT molecular complexity index is 452. The van der Waals surface area contributed by atoms with E-state index in [0.29, 0.717) is 0 Å². The van der Waals surface area contributed by atoms with Crippen LogP contribution in [0.25, 0.3) is 0 Å². The Hall–Kier alpha value is -2.02. The fourth-order valence-electron chi connectivity index (χ4n) is 1.38. The van der Waals surface area contributed by atoms with E-state index in [2.05, 4.69) is 4.74 Å². The minimum absolute atomic E-state index is 0.0426. The second kappa shape index (κ2) is 6.06. The minimum atomic E-state index is -2.05. The van der Waals surface area contributed by atoms with E-state index < -0.39 is 23.1 Å². The molecule has 0 amide bonds. The molecule has 0 aromatic heterocycles. The molecule has 1 unspecified atom stereocenters. The number of nitrogens with zero attached hydrogens (tertiary/aromatic N) is 1. The van der Waals surface area contributed by atoms with Gasteiger partial charge >= 0.3 is 5.97 Å². The molecule has 2 atom stereocenters. The molecule has 1 aromatic rings. The van der Waals surface area contributed by atoms with Crippen LogP contribution in [0.1, 0.15) is 18.5 Å². The number of nitro groups is 1. The number of hydrogen-bond donors (Lipinski definition) is 1. The smallest absolute Gasteiger partial charge is 0.342 e. The summed E-state index contributed by atoms with van der Waals surface area (Å²) < 4.78 is 18.1. The Morgan fingerprint density at radius 3 is 2.83 bits per heavy atom. The predicted octanol–water partition coefficient (Wildman–Crippen LogP) is 1.50. The summed E-state index contributed by atoms with van der Waals surface area (Å²) in [5, 5.41) is 10.6. The Morgan fingerprint density at radius 1 is 1.61 bits per heavy atom. The molecule has 18 heavy (non-hydrogen) atoms. The van der Waals surface area contributed by atoms with Crippen molar-refractivity contribution in [3.8, 4) is 0 Å². The maximum atomic E-state index is 13.6. The van der Waals surface area contributed by atoms with Crippen molar-refractivity contribution in [1.29, 1.82) is 0 Å². The average Bonchev–Trinajstić information content (AvgIpc) is 2.37. The van der Waals surface area contributed by atoms with Gasteiger partial charge in [0.15, 0.2) is 0 Å². The third kappa shape index (κ3) is 3.24. The molecule has 7 heteroatoms. The van der Waals surface area contributed by atoms with Gasteiger partial charge in [0.05, 0.1) is 17.6 Å². The lowest BCUT2D eigenvalue weighted by atomic mass is 10.0. The molecule has 0 bridgehead atoms. The second-order valence-electron chi connectivity index (χ2n) is 3.53. The summed E-state index contributed by atoms with van der Waals surface area (Å²) in [7, 11) is 0. The first kappa shape index (κ1) is 14.0. The van der Waals surface area contributed by atoms with Crippen molar-refractivity contribution in [2.45, 2.75) is 19.1 Å². The summed E-state index contributed by atoms with van der Waals surface area (Å²) in [5.41, 5.74) is 5.50. The highest BCUT2D eigenvalue weighted by atomic mass is 19.1. The van der Waals surface area contributed by atoms with E-state index in [4.69, 9.17) is 5.73 Å². The number of halogens is 1. The molecule has 1 rings (SSSR count). The average molecular weight is 256 g/mol. The van der Waals surface area contributed by atoms with E-state index in [1.54, 1.807) is 6.92 Å². The highest BCUT2D eigenvalue weighted by molar-refractivity contribution is 5.75. The molecule has 0 saturated carbocycles. The van der Waals surface area contributed by atoms with Crippen molar-refractivity contribution in [3.63, 3.8) is 0 Å². The third-order valence-corrected chi connectivity index (χ3v) is 2.29. The molecule has 0 aliphatic heterocycles. The van der Waals surface area contributed by atoms with Crippen LogP contribution in [0.3, 0.4) is 0 Å². The van der Waals surface area contributed by atoms with Gasteiger partial charge in [-0.3, -0.25) is 10.1 Å². The number of esters is 1. The zero-order valence-corrected chi connectivity index (χ0v) is 9.71. The largest absolute Gasteiger partial charge is 0.464 e. The number of nitrogens with two attached hydrogens (primary N) is 1. The van der Waals surface area contributed by atoms with Gasteiger partial charge in [-0.05, 0) is 12.5 Å². The van der Waals surface area contributed by atoms with Crippen LogP contribution in [-0.2, 0) is 9.53 Å². The third-order valence-electron chi connectivity index (χ3n) is 2.29. The monoisotopic (exact) mass is 256 g/mol. The van der Waals surface area contributed by atoms with Crippen LogP contribution < -0.4 is 5.73 Å². The number of alkyl halides is 1. The van der Waals surface area contributed by atoms with Gasteiger partial charge in [0, 0.05) is 12.1 Å². The summed E-state index contributed by atoms with van der Waals surface area (Å²) in [5.74, 6) is -1.07. The molecule has 0 heterocycles. The van der Waals surface area contributed by atoms with Gasteiger partial charge in [0.2, 0.25) is 6.17 Å². The molecule has 1 aromatic carbocycles. The molecule has 0 aliphatic carbocycles. The summed E-state index contributed by atoms with van der Waals surface area (Å²) >= 11 is 0. The Labute approximate surface area is 103 Å². The number of ether oxygens (including phenoxy) is 1. The van der Waals surface area contributed by atoms with Crippen LogP contribution in [0.2, 0.25) is 0 Å². The van der Waals surface area contributed by atoms with E-state index in [-0.39, 0.29) is 17.9 Å². The standard InChI is InChI=1S/C11H13FN2O4/c1-2-18-11(15)9(12)10(13)7-4-3-5-8(6-7)14(16)17/h3-6,9-10H,2,13H2,1H3/t9?,10-/m1/s1. The Kier molecular flexibility index (Phi) is 4.73. The first-order chi connectivity index (χ1) is 8.47. The second-order valence-corrected chi connectivity index (χ2v) is 3.53. The number of nitro benzene ring substituents is 1. The van der Waals surface area contributed by atoms with Crippen LogP contribution in [0.5, 0.6) is 0 Å². The topological polar surface area (TPSA) is 95.5 Å². The maximum Gasteiger partial charge on any atom is 0.342 e. The maximum absolute atomic E-state index is 13.6. The van der Waals surface area contributed by atoms with Gasteiger partial charge in [-0.2, -0.15) is 0 Å². The van der Waals surface area contributed by atoms with Crippen molar-refractivity contribution in [1.82, 2.24) is 0 Å². The fourth-order valence-corrected chi connectivity index (χ4v) is 1.38. The number of hydrogen-bond acceptors (Lipinski definition) is 5. The molecule has 6 nitrogen and oxygen atoms in total. The van der Waals surface area contributed by atoms with Crippen LogP contribution in [0.4, 0.5) is 10.1 Å². The van der Waals surface area contributed by atoms with E-state index in [9.17, 15) is 19.3 Å². The van der Waals surface area contributed by atoms with Crippen molar-refractivity contribution in [2.24, 2.45) is 5.73 Å². The van der Waals surface area contributed by atoms with E-state index in [1.165, 1.54) is 18.2 Å². The van der Waals surface area contributed by atoms with Gasteiger partial charge in [-0.25, -0.2) is 9.18 Å². The van der Waals surface area contributed by atoms with Crippen molar-refractivity contribution in [3.05, 3.63) is 39.9 Å². The zero-order valence-electron chi connectivity index (χ0n) is 9.71. The molecule has 0 radical (unpaired) electrons. The first-order valence-electron chi connectivity index (χ1n) is 5.28. The van der Waals surface area contributed by atoms with E-state index in [0.717, 1.165) is 6.07 Å². The fraction of sp³-hybridized carbons (Fsp3) is 0.364. The predicted molar refractivity (Wildman–Crippen MR) is 61.6 cm³/mol. The number of carbonyl (C=O) groups excluding carboxylic acids is 1. The summed E-state index contributed by atoms with van der Waals surface area (Å²) in [6, 6.07) is 3.91. The minimum Gasteiger partial charge on any atom is -0.464 e. The summed E-state index contributed by atoms with van der Waals surface area (Å²) in [6.07, 6.45) is -2.05. The van der Waals surface area contributed by atoms with Crippen molar-refractivity contribution in [2.75, 3.05) is 6.61 Å². The first-order valence-corrected chi connectivity index (χ1v) is 5.28. The number of rotatable bonds is 5. The highest BCUT2D eigenvalue weighted by Crippen LogP contribution is 2.22. The van der Waals surface area contributed by atoms with Crippen LogP contribution in [0.15, 0.2) is 24.3 Å². The lowest BCUT2D eigenvalue weighted by molar-refractivity contribution is -0.384. The molecule has 2 N–H and O–H groups in total. The number of benzene rings is 1. The van der Waals surface area contributed by atoms with Gasteiger partial charge < -0.3 is 10.5 Å². The van der Waals surface area contributed by atoms with Crippen LogP contribution in [0, 0.1) is 10.1 Å². The summed E-state index contributed by atoms with van der Waals surface area (Å²) in [4.78, 5) is 21.1. The Morgan fingerprint density at radius 2 is 2.28 bits per heavy atom. The molecule has 98 valence electrons. The van der Waals surface area contributed by atoms with Crippen LogP contribution in [-0.4, -0.2) is 23.7 Å². The molecular weight excluding hydrogens is 243 g/mol. The van der Waals surface area contributed by atoms with E-state index in [1.807, 2.05) is 0 Å². The lowest BCUT2D eigenvalue weighted by Crippen LogP contribution is -2.31. The zero-order chi connectivity index (χ0) is 13.7. The molecule has 0 fully saturated rings. The van der Waals surface area contributed by atoms with Crippen molar-refractivity contribution >= 4 is 11.7 Å². The summed E-state index contributed by atoms with van der Waals surface area (Å²) in [6.45, 7) is 1.59. The SMILES string of the molecule is CCOC(=O)C(F)[C@H](N)c1cccc([N+](=O)[O-])c1. The lowest BCUT2D eigenvalue weighted by Gasteiger charge is -2.15. The van der Waals surface area contributed by atoms with Crippen LogP contribution >= 0.6 is 0 Å². The number of carbonyl (C=O) groups is 1. The molecule has 0 saturated heterocycles. The molecule has 0 aliphatic rings. The molecular formula is C11H13FN2O4. The van der Waals surface area contributed by atoms with Gasteiger partial charge in [-0.15, -0.1) is 0 Å². The van der Waals surface area contributed by atoms with Gasteiger partial charge in [0.25, 0.3) is 5.69 Å². The van der Waals surface area contributed by atoms with Gasteiger partial charge in [-0.1, -0.05) is 12.1 Å². The Balaban J connectivity index is 2.89. The van der Waals surface area contributed by atoms with E-state index >= 15 is 0 Å². The van der Waals surface area contributed by atoms with Gasteiger partial charge in [0.1, 0.15) is 0 Å².